The van der Waals surface area contributed by atoms with Gasteiger partial charge >= 0.3 is 6.47 Å². The lowest BCUT2D eigenvalue weighted by molar-refractivity contribution is 0.111. The highest BCUT2D eigenvalue weighted by Crippen LogP contribution is 2.29. The summed E-state index contributed by atoms with van der Waals surface area (Å²) in [6.07, 6.45) is 14.4. The Kier molecular flexibility index (Phi) is 8.12. The second-order valence-corrected chi connectivity index (χ2v) is 5.40. The second kappa shape index (κ2) is 9.49. The van der Waals surface area contributed by atoms with E-state index >= 15 is 0 Å². The molecule has 0 spiro atoms. The van der Waals surface area contributed by atoms with E-state index in [-0.39, 0.29) is 6.10 Å². The minimum absolute atomic E-state index is 0.160. The van der Waals surface area contributed by atoms with Crippen molar-refractivity contribution < 1.29 is 9.53 Å². The minimum Gasteiger partial charge on any atom is -0.454 e. The highest BCUT2D eigenvalue weighted by Gasteiger charge is 2.21. The Morgan fingerprint density at radius 1 is 1.00 bits per heavy atom. The average Bonchev–Trinajstić information content (AvgIpc) is 2.36. The smallest absolute Gasteiger partial charge is 0.417 e. The minimum atomic E-state index is 0.160. The summed E-state index contributed by atoms with van der Waals surface area (Å²) in [4.78, 5) is 10.1. The van der Waals surface area contributed by atoms with Crippen molar-refractivity contribution in [3.05, 3.63) is 0 Å². The first-order chi connectivity index (χ1) is 8.36. The van der Waals surface area contributed by atoms with Crippen LogP contribution >= 0.6 is 0 Å². The number of hydrogen-bond donors (Lipinski definition) is 0. The molecular formula is C15H27O2. The van der Waals surface area contributed by atoms with Crippen molar-refractivity contribution in [1.82, 2.24) is 0 Å². The maximum Gasteiger partial charge on any atom is 0.417 e. The summed E-state index contributed by atoms with van der Waals surface area (Å²) in [6.45, 7) is 3.84. The summed E-state index contributed by atoms with van der Waals surface area (Å²) >= 11 is 0. The van der Waals surface area contributed by atoms with E-state index in [9.17, 15) is 4.79 Å². The van der Waals surface area contributed by atoms with Crippen molar-refractivity contribution >= 4 is 6.47 Å². The van der Waals surface area contributed by atoms with Crippen molar-refractivity contribution in [2.75, 3.05) is 0 Å². The van der Waals surface area contributed by atoms with Crippen LogP contribution in [-0.4, -0.2) is 12.6 Å². The van der Waals surface area contributed by atoms with E-state index in [1.165, 1.54) is 57.8 Å². The molecular weight excluding hydrogens is 212 g/mol. The highest BCUT2D eigenvalue weighted by molar-refractivity contribution is 5.38. The van der Waals surface area contributed by atoms with E-state index in [2.05, 4.69) is 6.92 Å². The second-order valence-electron chi connectivity index (χ2n) is 5.40. The van der Waals surface area contributed by atoms with Crippen LogP contribution < -0.4 is 0 Å². The predicted molar refractivity (Wildman–Crippen MR) is 70.5 cm³/mol. The number of carbonyl (C=O) groups excluding carboxylic acids is 1. The largest absolute Gasteiger partial charge is 0.454 e. The van der Waals surface area contributed by atoms with Gasteiger partial charge < -0.3 is 4.74 Å². The van der Waals surface area contributed by atoms with Crippen LogP contribution in [0.4, 0.5) is 0 Å². The van der Waals surface area contributed by atoms with E-state index in [1.807, 2.05) is 0 Å². The van der Waals surface area contributed by atoms with Crippen molar-refractivity contribution in [2.24, 2.45) is 5.92 Å². The number of rotatable bonds is 9. The van der Waals surface area contributed by atoms with Crippen LogP contribution in [0, 0.1) is 5.92 Å². The van der Waals surface area contributed by atoms with Gasteiger partial charge in [-0.25, -0.2) is 4.79 Å². The van der Waals surface area contributed by atoms with Crippen molar-refractivity contribution in [1.29, 1.82) is 0 Å². The van der Waals surface area contributed by atoms with Gasteiger partial charge in [0, 0.05) is 0 Å². The lowest BCUT2D eigenvalue weighted by atomic mass is 9.84. The molecule has 0 aromatic carbocycles. The maximum atomic E-state index is 10.1. The topological polar surface area (TPSA) is 26.3 Å². The normalized spacial score (nSPS) is 24.5. The molecule has 0 aromatic heterocycles. The van der Waals surface area contributed by atoms with E-state index < -0.39 is 0 Å². The highest BCUT2D eigenvalue weighted by atomic mass is 16.5. The molecule has 17 heavy (non-hydrogen) atoms. The molecule has 1 fully saturated rings. The molecule has 2 heteroatoms. The molecule has 0 unspecified atom stereocenters. The van der Waals surface area contributed by atoms with Crippen LogP contribution in [0.15, 0.2) is 0 Å². The van der Waals surface area contributed by atoms with Crippen LogP contribution in [0.3, 0.4) is 0 Å². The quantitative estimate of drug-likeness (QED) is 0.558. The molecule has 2 nitrogen and oxygen atoms in total. The van der Waals surface area contributed by atoms with Gasteiger partial charge in [0.1, 0.15) is 6.10 Å². The first kappa shape index (κ1) is 14.5. The molecule has 0 atom stereocenters. The van der Waals surface area contributed by atoms with Gasteiger partial charge in [0.05, 0.1) is 0 Å². The molecule has 0 aromatic rings. The Hall–Kier alpha value is -0.530. The average molecular weight is 239 g/mol. The third kappa shape index (κ3) is 6.70. The lowest BCUT2D eigenvalue weighted by Gasteiger charge is -2.26. The van der Waals surface area contributed by atoms with Crippen molar-refractivity contribution in [3.63, 3.8) is 0 Å². The van der Waals surface area contributed by atoms with E-state index in [1.54, 1.807) is 6.47 Å². The van der Waals surface area contributed by atoms with Gasteiger partial charge in [-0.05, 0) is 31.6 Å². The van der Waals surface area contributed by atoms with Crippen LogP contribution in [-0.2, 0) is 9.53 Å². The Balaban J connectivity index is 1.93. The number of hydrogen-bond acceptors (Lipinski definition) is 2. The summed E-state index contributed by atoms with van der Waals surface area (Å²) in [6, 6.07) is 0. The standard InChI is InChI=1S/C15H27O2/c1-2-3-4-5-6-7-8-14-9-11-15(12-10-14)17-13-16/h14-15H,2-12H2,1H3/t14-,15-. The van der Waals surface area contributed by atoms with Crippen molar-refractivity contribution in [3.8, 4) is 0 Å². The van der Waals surface area contributed by atoms with Gasteiger partial charge in [-0.15, -0.1) is 0 Å². The lowest BCUT2D eigenvalue weighted by Crippen LogP contribution is -2.21. The molecule has 0 heterocycles. The summed E-state index contributed by atoms with van der Waals surface area (Å²) in [5, 5.41) is 0. The monoisotopic (exact) mass is 239 g/mol. The Morgan fingerprint density at radius 2 is 1.65 bits per heavy atom. The van der Waals surface area contributed by atoms with Crippen LogP contribution in [0.2, 0.25) is 0 Å². The van der Waals surface area contributed by atoms with Crippen LogP contribution in [0.25, 0.3) is 0 Å². The molecule has 0 N–H and O–H groups in total. The Morgan fingerprint density at radius 3 is 2.29 bits per heavy atom. The van der Waals surface area contributed by atoms with Crippen LogP contribution in [0.5, 0.6) is 0 Å². The molecule has 0 saturated heterocycles. The third-order valence-corrected chi connectivity index (χ3v) is 3.97. The van der Waals surface area contributed by atoms with E-state index in [0.29, 0.717) is 0 Å². The summed E-state index contributed by atoms with van der Waals surface area (Å²) in [7, 11) is 0. The number of ether oxygens (including phenoxy) is 1. The van der Waals surface area contributed by atoms with E-state index in [0.717, 1.165) is 18.8 Å². The van der Waals surface area contributed by atoms with E-state index in [4.69, 9.17) is 4.74 Å². The first-order valence-corrected chi connectivity index (χ1v) is 7.39. The predicted octanol–water partition coefficient (Wildman–Crippen LogP) is 4.38. The van der Waals surface area contributed by atoms with Gasteiger partial charge in [0.15, 0.2) is 0 Å². The molecule has 0 bridgehead atoms. The van der Waals surface area contributed by atoms with Gasteiger partial charge in [-0.1, -0.05) is 51.9 Å². The SMILES string of the molecule is CCCCCCCC[C@H]1CC[C@H](O[C]=O)CC1. The summed E-state index contributed by atoms with van der Waals surface area (Å²) in [5.74, 6) is 0.882. The zero-order valence-electron chi connectivity index (χ0n) is 11.2. The van der Waals surface area contributed by atoms with Gasteiger partial charge in [0.25, 0.3) is 0 Å². The molecule has 1 saturated carbocycles. The van der Waals surface area contributed by atoms with Gasteiger partial charge in [-0.2, -0.15) is 0 Å². The number of unbranched alkanes of at least 4 members (excludes halogenated alkanes) is 5. The Bertz CT molecular complexity index is 183. The molecule has 0 aliphatic heterocycles. The Labute approximate surface area is 106 Å². The van der Waals surface area contributed by atoms with Gasteiger partial charge in [0.2, 0.25) is 0 Å². The fraction of sp³-hybridized carbons (Fsp3) is 0.933. The fourth-order valence-corrected chi connectivity index (χ4v) is 2.82. The molecule has 1 aliphatic carbocycles. The molecule has 99 valence electrons. The molecule has 0 amide bonds. The molecule has 1 aliphatic rings. The third-order valence-electron chi connectivity index (χ3n) is 3.97. The maximum absolute atomic E-state index is 10.1. The molecule has 1 rings (SSSR count). The zero-order chi connectivity index (χ0) is 12.3. The molecule has 1 radical (unpaired) electrons. The van der Waals surface area contributed by atoms with Gasteiger partial charge in [-0.3, -0.25) is 0 Å². The first-order valence-electron chi connectivity index (χ1n) is 7.39. The fourth-order valence-electron chi connectivity index (χ4n) is 2.82. The summed E-state index contributed by atoms with van der Waals surface area (Å²) in [5.41, 5.74) is 0. The summed E-state index contributed by atoms with van der Waals surface area (Å²) < 4.78 is 4.90. The van der Waals surface area contributed by atoms with Crippen LogP contribution in [0.1, 0.15) is 77.6 Å². The zero-order valence-corrected chi connectivity index (χ0v) is 11.2. The van der Waals surface area contributed by atoms with Crippen molar-refractivity contribution in [2.45, 2.75) is 83.7 Å².